The summed E-state index contributed by atoms with van der Waals surface area (Å²) in [4.78, 5) is 26.5. The maximum absolute atomic E-state index is 12.2. The van der Waals surface area contributed by atoms with Crippen LogP contribution in [-0.2, 0) is 25.6 Å². The van der Waals surface area contributed by atoms with Crippen molar-refractivity contribution in [2.24, 2.45) is 0 Å². The summed E-state index contributed by atoms with van der Waals surface area (Å²) in [6, 6.07) is 6.07. The predicted molar refractivity (Wildman–Crippen MR) is 254 cm³/mol. The lowest BCUT2D eigenvalue weighted by molar-refractivity contribution is -0.144. The first kappa shape index (κ1) is 55.0. The van der Waals surface area contributed by atoms with Gasteiger partial charge in [0, 0.05) is 25.5 Å². The molecular weight excluding hydrogens is 747 g/mol. The van der Waals surface area contributed by atoms with Crippen LogP contribution in [0.5, 0.6) is 11.5 Å². The van der Waals surface area contributed by atoms with E-state index < -0.39 is 0 Å². The van der Waals surface area contributed by atoms with Crippen molar-refractivity contribution in [2.45, 2.75) is 213 Å². The van der Waals surface area contributed by atoms with Crippen molar-refractivity contribution in [3.8, 4) is 11.5 Å². The normalized spacial score (nSPS) is 11.8. The Labute approximate surface area is 369 Å². The number of benzene rings is 1. The van der Waals surface area contributed by atoms with Gasteiger partial charge in [0.15, 0.2) is 0 Å². The molecule has 0 unspecified atom stereocenters. The smallest absolute Gasteiger partial charge is 0.305 e. The molecule has 0 spiro atoms. The molecular formula is C53H91NO6. The van der Waals surface area contributed by atoms with Crippen LogP contribution in [0.15, 0.2) is 54.7 Å². The summed E-state index contributed by atoms with van der Waals surface area (Å²) in [5, 5.41) is 0. The van der Waals surface area contributed by atoms with Crippen molar-refractivity contribution in [1.29, 1.82) is 0 Å². The van der Waals surface area contributed by atoms with Gasteiger partial charge in [0.25, 0.3) is 0 Å². The van der Waals surface area contributed by atoms with Crippen molar-refractivity contribution in [3.63, 3.8) is 0 Å². The molecule has 1 rings (SSSR count). The Morgan fingerprint density at radius 2 is 0.817 bits per heavy atom. The Bertz CT molecular complexity index is 1220. The van der Waals surface area contributed by atoms with Crippen LogP contribution in [0.2, 0.25) is 0 Å². The van der Waals surface area contributed by atoms with Crippen LogP contribution in [0.1, 0.15) is 212 Å². The fourth-order valence-electron chi connectivity index (χ4n) is 6.98. The van der Waals surface area contributed by atoms with E-state index in [0.29, 0.717) is 39.3 Å². The molecule has 0 aliphatic heterocycles. The standard InChI is InChI=1S/C53H91NO6/c1-5-7-9-11-13-15-17-19-21-23-25-27-29-31-33-39-52(55)59-43-37-35-41-57-50-45-49(48-54(3)4)46-51(47-50)58-42-36-38-44-60-53(56)40-34-32-30-28-26-24-22-20-18-16-14-12-10-8-6-2/h13,15,19-22,45-47H,5-12,14,16-18,23-44,48H2,1-4H3. The maximum Gasteiger partial charge on any atom is 0.305 e. The molecule has 0 bridgehead atoms. The predicted octanol–water partition coefficient (Wildman–Crippen LogP) is 15.0. The van der Waals surface area contributed by atoms with E-state index in [1.54, 1.807) is 0 Å². The fourth-order valence-corrected chi connectivity index (χ4v) is 6.98. The minimum absolute atomic E-state index is 0.0858. The van der Waals surface area contributed by atoms with Crippen LogP contribution in [0, 0.1) is 0 Å². The number of carbonyl (C=O) groups excluding carboxylic acids is 2. The largest absolute Gasteiger partial charge is 0.493 e. The molecule has 0 aliphatic rings. The number of hydrogen-bond acceptors (Lipinski definition) is 7. The first-order chi connectivity index (χ1) is 29.4. The Hall–Kier alpha value is -3.06. The highest BCUT2D eigenvalue weighted by Gasteiger charge is 2.07. The average molecular weight is 838 g/mol. The minimum atomic E-state index is -0.0910. The highest BCUT2D eigenvalue weighted by atomic mass is 16.5. The number of esters is 2. The number of allylic oxidation sites excluding steroid dienone is 6. The summed E-state index contributed by atoms with van der Waals surface area (Å²) >= 11 is 0. The lowest BCUT2D eigenvalue weighted by Crippen LogP contribution is -2.11. The van der Waals surface area contributed by atoms with Crippen LogP contribution in [0.25, 0.3) is 0 Å². The first-order valence-electron chi connectivity index (χ1n) is 24.7. The molecule has 0 amide bonds. The van der Waals surface area contributed by atoms with Gasteiger partial charge in [0.05, 0.1) is 26.4 Å². The van der Waals surface area contributed by atoms with Crippen LogP contribution in [-0.4, -0.2) is 57.4 Å². The van der Waals surface area contributed by atoms with Crippen LogP contribution in [0.4, 0.5) is 0 Å². The second kappa shape index (κ2) is 42.6. The van der Waals surface area contributed by atoms with Crippen molar-refractivity contribution in [1.82, 2.24) is 4.90 Å². The number of carbonyl (C=O) groups is 2. The summed E-state index contributed by atoms with van der Waals surface area (Å²) in [7, 11) is 4.09. The van der Waals surface area contributed by atoms with Crippen LogP contribution >= 0.6 is 0 Å². The van der Waals surface area contributed by atoms with Gasteiger partial charge in [-0.1, -0.05) is 134 Å². The summed E-state index contributed by atoms with van der Waals surface area (Å²) in [5.74, 6) is 1.39. The summed E-state index contributed by atoms with van der Waals surface area (Å²) < 4.78 is 23.1. The molecule has 1 aromatic rings. The monoisotopic (exact) mass is 838 g/mol. The number of hydrogen-bond donors (Lipinski definition) is 0. The zero-order valence-electron chi connectivity index (χ0n) is 39.3. The molecule has 0 atom stereocenters. The van der Waals surface area contributed by atoms with Crippen molar-refractivity contribution in [3.05, 3.63) is 60.2 Å². The topological polar surface area (TPSA) is 74.3 Å². The number of nitrogens with zero attached hydrogens (tertiary/aromatic N) is 1. The minimum Gasteiger partial charge on any atom is -0.493 e. The van der Waals surface area contributed by atoms with E-state index in [0.717, 1.165) is 87.8 Å². The molecule has 0 fully saturated rings. The number of rotatable bonds is 43. The molecule has 0 N–H and O–H groups in total. The van der Waals surface area contributed by atoms with Crippen LogP contribution < -0.4 is 9.47 Å². The third kappa shape index (κ3) is 37.9. The van der Waals surface area contributed by atoms with E-state index in [9.17, 15) is 9.59 Å². The highest BCUT2D eigenvalue weighted by Crippen LogP contribution is 2.24. The Balaban J connectivity index is 2.09. The van der Waals surface area contributed by atoms with E-state index in [1.807, 2.05) is 20.2 Å². The van der Waals surface area contributed by atoms with Gasteiger partial charge in [-0.2, -0.15) is 0 Å². The fraction of sp³-hybridized carbons (Fsp3) is 0.736. The van der Waals surface area contributed by atoms with Crippen molar-refractivity contribution < 1.29 is 28.5 Å². The van der Waals surface area contributed by atoms with Gasteiger partial charge in [-0.3, -0.25) is 9.59 Å². The van der Waals surface area contributed by atoms with Gasteiger partial charge in [0.2, 0.25) is 0 Å². The maximum atomic E-state index is 12.2. The Morgan fingerprint density at radius 3 is 1.27 bits per heavy atom. The molecule has 0 heterocycles. The molecule has 0 aliphatic carbocycles. The SMILES string of the molecule is CCCCCC=CCC=CCCCCCCCC(=O)OCCCCOc1cc(CN(C)C)cc(OCCCCOC(=O)CCCCCCCC=CCCCCCCCC)c1. The van der Waals surface area contributed by atoms with E-state index in [2.05, 4.69) is 67.3 Å². The van der Waals surface area contributed by atoms with Crippen LogP contribution in [0.3, 0.4) is 0 Å². The molecule has 0 aromatic heterocycles. The van der Waals surface area contributed by atoms with Gasteiger partial charge in [0.1, 0.15) is 11.5 Å². The first-order valence-corrected chi connectivity index (χ1v) is 24.7. The molecule has 0 radical (unpaired) electrons. The van der Waals surface area contributed by atoms with Gasteiger partial charge in [-0.05, 0) is 128 Å². The summed E-state index contributed by atoms with van der Waals surface area (Å²) in [6.07, 6.45) is 47.2. The number of unbranched alkanes of at least 4 members (excludes halogenated alkanes) is 21. The van der Waals surface area contributed by atoms with Gasteiger partial charge < -0.3 is 23.8 Å². The Kier molecular flexibility index (Phi) is 39.0. The molecule has 7 heteroatoms. The highest BCUT2D eigenvalue weighted by molar-refractivity contribution is 5.69. The second-order valence-corrected chi connectivity index (χ2v) is 16.9. The number of ether oxygens (including phenoxy) is 4. The van der Waals surface area contributed by atoms with E-state index in [1.165, 1.54) is 116 Å². The molecule has 1 aromatic carbocycles. The summed E-state index contributed by atoms with van der Waals surface area (Å²) in [6.45, 7) is 7.27. The van der Waals surface area contributed by atoms with Gasteiger partial charge in [-0.25, -0.2) is 0 Å². The third-order valence-corrected chi connectivity index (χ3v) is 10.6. The zero-order chi connectivity index (χ0) is 43.4. The lowest BCUT2D eigenvalue weighted by atomic mass is 10.1. The Morgan fingerprint density at radius 1 is 0.450 bits per heavy atom. The third-order valence-electron chi connectivity index (χ3n) is 10.6. The molecule has 60 heavy (non-hydrogen) atoms. The zero-order valence-corrected chi connectivity index (χ0v) is 39.3. The average Bonchev–Trinajstić information content (AvgIpc) is 3.23. The van der Waals surface area contributed by atoms with Gasteiger partial charge in [-0.15, -0.1) is 0 Å². The van der Waals surface area contributed by atoms with E-state index in [4.69, 9.17) is 18.9 Å². The molecule has 0 saturated carbocycles. The summed E-state index contributed by atoms with van der Waals surface area (Å²) in [5.41, 5.74) is 1.12. The van der Waals surface area contributed by atoms with Crippen molar-refractivity contribution in [2.75, 3.05) is 40.5 Å². The lowest BCUT2D eigenvalue weighted by Gasteiger charge is -2.15. The second-order valence-electron chi connectivity index (χ2n) is 16.9. The molecule has 344 valence electrons. The molecule has 7 nitrogen and oxygen atoms in total. The van der Waals surface area contributed by atoms with Crippen molar-refractivity contribution >= 4 is 11.9 Å². The van der Waals surface area contributed by atoms with E-state index in [-0.39, 0.29) is 11.9 Å². The quantitative estimate of drug-likeness (QED) is 0.0368. The van der Waals surface area contributed by atoms with E-state index >= 15 is 0 Å². The van der Waals surface area contributed by atoms with Gasteiger partial charge >= 0.3 is 11.9 Å². The molecule has 0 saturated heterocycles.